The maximum atomic E-state index is 6.17. The Bertz CT molecular complexity index is 228. The lowest BCUT2D eigenvalue weighted by Gasteiger charge is -2.50. The first-order valence-corrected chi connectivity index (χ1v) is 7.37. The van der Waals surface area contributed by atoms with Crippen LogP contribution in [-0.4, -0.2) is 54.6 Å². The van der Waals surface area contributed by atoms with Crippen molar-refractivity contribution >= 4 is 0 Å². The molecule has 3 nitrogen and oxygen atoms in total. The van der Waals surface area contributed by atoms with Gasteiger partial charge >= 0.3 is 0 Å². The minimum atomic E-state index is 0.302. The van der Waals surface area contributed by atoms with Crippen molar-refractivity contribution in [1.29, 1.82) is 0 Å². The van der Waals surface area contributed by atoms with Gasteiger partial charge in [-0.2, -0.15) is 0 Å². The average Bonchev–Trinajstić information content (AvgIpc) is 2.86. The molecule has 2 aliphatic rings. The van der Waals surface area contributed by atoms with Crippen LogP contribution in [0.4, 0.5) is 0 Å². The van der Waals surface area contributed by atoms with E-state index in [0.717, 1.165) is 12.6 Å². The highest BCUT2D eigenvalue weighted by Gasteiger charge is 2.40. The van der Waals surface area contributed by atoms with Gasteiger partial charge in [-0.15, -0.1) is 0 Å². The van der Waals surface area contributed by atoms with E-state index in [-0.39, 0.29) is 0 Å². The number of nitrogens with two attached hydrogens (primary N) is 1. The van der Waals surface area contributed by atoms with Gasteiger partial charge in [0.25, 0.3) is 0 Å². The van der Waals surface area contributed by atoms with Crippen LogP contribution in [0.1, 0.15) is 45.4 Å². The number of hydrogen-bond donors (Lipinski definition) is 1. The number of rotatable bonds is 4. The van der Waals surface area contributed by atoms with Crippen LogP contribution in [0.2, 0.25) is 0 Å². The minimum Gasteiger partial charge on any atom is -0.329 e. The molecule has 3 heteroatoms. The molecule has 2 fully saturated rings. The van der Waals surface area contributed by atoms with Gasteiger partial charge in [-0.05, 0) is 52.4 Å². The summed E-state index contributed by atoms with van der Waals surface area (Å²) in [4.78, 5) is 5.20. The zero-order valence-corrected chi connectivity index (χ0v) is 11.6. The van der Waals surface area contributed by atoms with E-state index in [0.29, 0.717) is 5.54 Å². The minimum absolute atomic E-state index is 0.302. The van der Waals surface area contributed by atoms with E-state index in [9.17, 15) is 0 Å². The number of likely N-dealkylation sites (N-methyl/N-ethyl adjacent to an activating group) is 1. The largest absolute Gasteiger partial charge is 0.329 e. The molecule has 1 saturated heterocycles. The fourth-order valence-corrected chi connectivity index (χ4v) is 3.84. The third-order valence-corrected chi connectivity index (χ3v) is 5.01. The summed E-state index contributed by atoms with van der Waals surface area (Å²) in [6.07, 6.45) is 8.13. The van der Waals surface area contributed by atoms with Crippen molar-refractivity contribution in [2.75, 3.05) is 33.2 Å². The van der Waals surface area contributed by atoms with E-state index in [1.807, 2.05) is 0 Å². The Morgan fingerprint density at radius 3 is 2.29 bits per heavy atom. The first-order valence-electron chi connectivity index (χ1n) is 7.37. The monoisotopic (exact) mass is 239 g/mol. The maximum absolute atomic E-state index is 6.17. The van der Waals surface area contributed by atoms with Crippen molar-refractivity contribution in [3.63, 3.8) is 0 Å². The Labute approximate surface area is 106 Å². The molecular formula is C14H29N3. The molecule has 0 aromatic heterocycles. The summed E-state index contributed by atoms with van der Waals surface area (Å²) in [6.45, 7) is 6.74. The van der Waals surface area contributed by atoms with Gasteiger partial charge in [-0.25, -0.2) is 0 Å². The lowest BCUT2D eigenvalue weighted by atomic mass is 9.84. The van der Waals surface area contributed by atoms with E-state index in [1.165, 1.54) is 58.2 Å². The van der Waals surface area contributed by atoms with Crippen molar-refractivity contribution < 1.29 is 0 Å². The molecule has 1 aliphatic carbocycles. The first kappa shape index (κ1) is 13.3. The quantitative estimate of drug-likeness (QED) is 0.810. The SMILES string of the molecule is CCN(C1CCCC1)C1(CN)CCN(C)CC1. The van der Waals surface area contributed by atoms with Crippen molar-refractivity contribution in [2.45, 2.75) is 57.0 Å². The van der Waals surface area contributed by atoms with Crippen molar-refractivity contribution in [1.82, 2.24) is 9.80 Å². The molecule has 0 bridgehead atoms. The molecule has 0 aromatic rings. The number of likely N-dealkylation sites (tertiary alicyclic amines) is 1. The van der Waals surface area contributed by atoms with E-state index < -0.39 is 0 Å². The lowest BCUT2D eigenvalue weighted by molar-refractivity contribution is 0.00705. The van der Waals surface area contributed by atoms with Gasteiger partial charge in [0.05, 0.1) is 0 Å². The van der Waals surface area contributed by atoms with E-state index >= 15 is 0 Å². The van der Waals surface area contributed by atoms with Gasteiger partial charge in [-0.1, -0.05) is 19.8 Å². The maximum Gasteiger partial charge on any atom is 0.0358 e. The molecule has 2 rings (SSSR count). The van der Waals surface area contributed by atoms with Crippen LogP contribution in [0.3, 0.4) is 0 Å². The molecule has 1 aliphatic heterocycles. The number of hydrogen-bond acceptors (Lipinski definition) is 3. The highest BCUT2D eigenvalue weighted by molar-refractivity contribution is 4.98. The summed E-state index contributed by atoms with van der Waals surface area (Å²) in [5.41, 5.74) is 6.47. The highest BCUT2D eigenvalue weighted by Crippen LogP contribution is 2.34. The molecule has 1 saturated carbocycles. The second kappa shape index (κ2) is 5.68. The summed E-state index contributed by atoms with van der Waals surface area (Å²) in [7, 11) is 2.23. The van der Waals surface area contributed by atoms with Crippen LogP contribution in [-0.2, 0) is 0 Å². The molecule has 0 radical (unpaired) electrons. The zero-order chi connectivity index (χ0) is 12.3. The smallest absolute Gasteiger partial charge is 0.0358 e. The topological polar surface area (TPSA) is 32.5 Å². The normalized spacial score (nSPS) is 26.8. The fraction of sp³-hybridized carbons (Fsp3) is 1.00. The Hall–Kier alpha value is -0.120. The third kappa shape index (κ3) is 2.67. The first-order chi connectivity index (χ1) is 8.22. The predicted molar refractivity (Wildman–Crippen MR) is 73.2 cm³/mol. The van der Waals surface area contributed by atoms with Crippen LogP contribution >= 0.6 is 0 Å². The molecule has 0 amide bonds. The molecule has 0 unspecified atom stereocenters. The Morgan fingerprint density at radius 2 is 1.82 bits per heavy atom. The summed E-state index contributed by atoms with van der Waals surface area (Å²) >= 11 is 0. The van der Waals surface area contributed by atoms with Gasteiger partial charge in [0.1, 0.15) is 0 Å². The van der Waals surface area contributed by atoms with Crippen LogP contribution in [0.5, 0.6) is 0 Å². The average molecular weight is 239 g/mol. The van der Waals surface area contributed by atoms with Gasteiger partial charge < -0.3 is 10.6 Å². The van der Waals surface area contributed by atoms with Crippen molar-refractivity contribution in [2.24, 2.45) is 5.73 Å². The molecular weight excluding hydrogens is 210 g/mol. The van der Waals surface area contributed by atoms with E-state index in [1.54, 1.807) is 0 Å². The number of nitrogens with zero attached hydrogens (tertiary/aromatic N) is 2. The van der Waals surface area contributed by atoms with Gasteiger partial charge in [0.2, 0.25) is 0 Å². The van der Waals surface area contributed by atoms with Gasteiger partial charge in [0, 0.05) is 18.1 Å². The molecule has 0 aromatic carbocycles. The number of piperidine rings is 1. The second-order valence-corrected chi connectivity index (χ2v) is 5.96. The predicted octanol–water partition coefficient (Wildman–Crippen LogP) is 1.67. The van der Waals surface area contributed by atoms with Crippen molar-refractivity contribution in [3.05, 3.63) is 0 Å². The molecule has 1 heterocycles. The summed E-state index contributed by atoms with van der Waals surface area (Å²) in [5.74, 6) is 0. The van der Waals surface area contributed by atoms with Crippen LogP contribution in [0.25, 0.3) is 0 Å². The van der Waals surface area contributed by atoms with Crippen LogP contribution in [0.15, 0.2) is 0 Å². The summed E-state index contributed by atoms with van der Waals surface area (Å²) < 4.78 is 0. The molecule has 0 spiro atoms. The second-order valence-electron chi connectivity index (χ2n) is 5.96. The van der Waals surface area contributed by atoms with Crippen LogP contribution in [0, 0.1) is 0 Å². The Balaban J connectivity index is 2.08. The zero-order valence-electron chi connectivity index (χ0n) is 11.6. The Kier molecular flexibility index (Phi) is 4.45. The molecule has 2 N–H and O–H groups in total. The third-order valence-electron chi connectivity index (χ3n) is 5.01. The molecule has 100 valence electrons. The lowest BCUT2D eigenvalue weighted by Crippen LogP contribution is -2.61. The summed E-state index contributed by atoms with van der Waals surface area (Å²) in [6, 6.07) is 0.812. The van der Waals surface area contributed by atoms with E-state index in [2.05, 4.69) is 23.8 Å². The highest BCUT2D eigenvalue weighted by atomic mass is 15.3. The molecule has 17 heavy (non-hydrogen) atoms. The molecule has 0 atom stereocenters. The van der Waals surface area contributed by atoms with E-state index in [4.69, 9.17) is 5.73 Å². The van der Waals surface area contributed by atoms with Crippen LogP contribution < -0.4 is 5.73 Å². The standard InChI is InChI=1S/C14H29N3/c1-3-17(13-6-4-5-7-13)14(12-15)8-10-16(2)11-9-14/h13H,3-12,15H2,1-2H3. The van der Waals surface area contributed by atoms with Gasteiger partial charge in [-0.3, -0.25) is 4.90 Å². The Morgan fingerprint density at radius 1 is 1.24 bits per heavy atom. The van der Waals surface area contributed by atoms with Crippen molar-refractivity contribution in [3.8, 4) is 0 Å². The van der Waals surface area contributed by atoms with Gasteiger partial charge in [0.15, 0.2) is 0 Å². The fourth-order valence-electron chi connectivity index (χ4n) is 3.84. The summed E-state index contributed by atoms with van der Waals surface area (Å²) in [5, 5.41) is 0.